The topological polar surface area (TPSA) is 145 Å². The maximum Gasteiger partial charge on any atom is 0.306 e. The van der Waals surface area contributed by atoms with Gasteiger partial charge in [0, 0.05) is 62.5 Å². The smallest absolute Gasteiger partial charge is 0.306 e. The zero-order chi connectivity index (χ0) is 53.4. The molecule has 0 radical (unpaired) electrons. The molecule has 4 aromatic rings. The molecule has 0 fully saturated rings. The highest BCUT2D eigenvalue weighted by Gasteiger charge is 2.42. The van der Waals surface area contributed by atoms with E-state index in [1.165, 1.54) is 22.3 Å². The number of benzene rings is 4. The molecule has 0 saturated heterocycles. The number of methoxy groups -OCH3 is 10. The average molecular weight is 1100 g/mol. The number of hydrogen-bond donors (Lipinski definition) is 0. The molecule has 4 aromatic carbocycles. The molecule has 4 atom stereocenters. The van der Waals surface area contributed by atoms with Crippen LogP contribution in [0.15, 0.2) is 60.7 Å². The average Bonchev–Trinajstić information content (AvgIpc) is 3.42. The highest BCUT2D eigenvalue weighted by molar-refractivity contribution is 5.70. The lowest BCUT2D eigenvalue weighted by Crippen LogP contribution is -3.00. The Kier molecular flexibility index (Phi) is 24.3. The molecule has 0 unspecified atom stereocenters. The Balaban J connectivity index is 0.00000624. The van der Waals surface area contributed by atoms with Gasteiger partial charge >= 0.3 is 11.9 Å². The lowest BCUT2D eigenvalue weighted by Gasteiger charge is -2.46. The summed E-state index contributed by atoms with van der Waals surface area (Å²) in [5, 5.41) is 0. The van der Waals surface area contributed by atoms with E-state index in [0.717, 1.165) is 59.1 Å². The Bertz CT molecular complexity index is 2350. The second-order valence-electron chi connectivity index (χ2n) is 19.4. The molecule has 0 bridgehead atoms. The van der Waals surface area contributed by atoms with Gasteiger partial charge in [0.15, 0.2) is 46.0 Å². The molecule has 2 aliphatic rings. The van der Waals surface area contributed by atoms with E-state index in [2.05, 4.69) is 38.4 Å². The summed E-state index contributed by atoms with van der Waals surface area (Å²) in [6, 6.07) is 16.5. The molecule has 76 heavy (non-hydrogen) atoms. The van der Waals surface area contributed by atoms with Crippen molar-refractivity contribution >= 4 is 11.9 Å². The van der Waals surface area contributed by atoms with Crippen molar-refractivity contribution in [1.29, 1.82) is 0 Å². The number of carbonyl (C=O) groups excluding carboxylic acids is 2. The van der Waals surface area contributed by atoms with Crippen LogP contribution >= 0.6 is 0 Å². The number of quaternary nitrogens is 2. The van der Waals surface area contributed by atoms with Gasteiger partial charge in [0.1, 0.15) is 12.1 Å². The number of likely N-dealkylation sites (N-methyl/N-ethyl adjacent to an activating group) is 2. The maximum absolute atomic E-state index is 12.9. The number of fused-ring (bicyclic) bond motifs is 2. The van der Waals surface area contributed by atoms with Crippen LogP contribution in [0.4, 0.5) is 0 Å². The Hall–Kier alpha value is -5.94. The van der Waals surface area contributed by atoms with Gasteiger partial charge in [0.2, 0.25) is 11.5 Å². The van der Waals surface area contributed by atoms with Crippen molar-refractivity contribution < 1.29 is 100 Å². The number of ether oxygens (including phenoxy) is 12. The summed E-state index contributed by atoms with van der Waals surface area (Å²) < 4.78 is 69.8. The summed E-state index contributed by atoms with van der Waals surface area (Å²) in [4.78, 5) is 25.7. The Morgan fingerprint density at radius 2 is 0.776 bits per heavy atom. The van der Waals surface area contributed by atoms with Crippen molar-refractivity contribution in [2.75, 3.05) is 125 Å². The van der Waals surface area contributed by atoms with Crippen molar-refractivity contribution in [3.8, 4) is 57.5 Å². The zero-order valence-corrected chi connectivity index (χ0v) is 48.1. The maximum atomic E-state index is 12.9. The third-order valence-electron chi connectivity index (χ3n) is 15.0. The van der Waals surface area contributed by atoms with Crippen LogP contribution in [0.2, 0.25) is 0 Å². The van der Waals surface area contributed by atoms with Crippen LogP contribution in [0.5, 0.6) is 57.5 Å². The van der Waals surface area contributed by atoms with Crippen molar-refractivity contribution in [2.24, 2.45) is 0 Å². The summed E-state index contributed by atoms with van der Waals surface area (Å²) in [7, 11) is 20.9. The third-order valence-corrected chi connectivity index (χ3v) is 15.0. The van der Waals surface area contributed by atoms with E-state index in [1.807, 2.05) is 36.4 Å². The van der Waals surface area contributed by atoms with Gasteiger partial charge in [-0.15, -0.1) is 0 Å². The van der Waals surface area contributed by atoms with Crippen LogP contribution in [0, 0.1) is 0 Å². The number of halogens is 2. The zero-order valence-electron chi connectivity index (χ0n) is 46.6. The molecule has 0 aromatic heterocycles. The van der Waals surface area contributed by atoms with E-state index in [0.29, 0.717) is 109 Å². The Morgan fingerprint density at radius 3 is 1.08 bits per heavy atom. The predicted octanol–water partition coefficient (Wildman–Crippen LogP) is 3.04. The van der Waals surface area contributed by atoms with E-state index in [4.69, 9.17) is 56.8 Å². The lowest BCUT2D eigenvalue weighted by atomic mass is 9.86. The standard InChI is InChI=1S/C58H80N2O14.2ClH/c1-59(25-21-41-35-47(63-3)49(65-5)37-43(41)45(59)29-39-31-51(67-7)57(71-11)52(32-39)68-8)23-17-27-73-55(61)19-15-13-14-16-20-56(62)74-28-18-24-60(2)26-22-42-36-48(64-4)50(66-6)38-44(42)46(60)30-40-33-53(69-9)58(72-12)54(34-40)70-10;;/h13-14,31-38,45-46H,15-30H2,1-12H3;2*1H/q+2;;/p-2/b14-13+;;/t45-,46-,59-,60-;;/m1../s1. The first-order valence-corrected chi connectivity index (χ1v) is 25.5. The van der Waals surface area contributed by atoms with Gasteiger partial charge < -0.3 is 90.6 Å². The van der Waals surface area contributed by atoms with Crippen molar-refractivity contribution in [3.05, 3.63) is 94.1 Å². The van der Waals surface area contributed by atoms with E-state index in [-0.39, 0.29) is 61.7 Å². The first kappa shape index (κ1) is 62.6. The molecular weight excluding hydrogens is 1020 g/mol. The number of allylic oxidation sites excluding steroid dienone is 2. The fourth-order valence-electron chi connectivity index (χ4n) is 10.8. The second-order valence-corrected chi connectivity index (χ2v) is 19.4. The van der Waals surface area contributed by atoms with Gasteiger partial charge in [0.05, 0.1) is 125 Å². The largest absolute Gasteiger partial charge is 1.00 e. The molecule has 2 aliphatic heterocycles. The summed E-state index contributed by atoms with van der Waals surface area (Å²) in [6.45, 7) is 4.02. The van der Waals surface area contributed by atoms with Crippen LogP contribution in [0.3, 0.4) is 0 Å². The van der Waals surface area contributed by atoms with Crippen molar-refractivity contribution in [2.45, 2.75) is 76.3 Å². The van der Waals surface area contributed by atoms with Crippen LogP contribution in [-0.4, -0.2) is 145 Å². The number of carbonyl (C=O) groups is 2. The van der Waals surface area contributed by atoms with E-state index < -0.39 is 0 Å². The molecule has 18 heteroatoms. The van der Waals surface area contributed by atoms with Crippen LogP contribution in [0.1, 0.15) is 84.0 Å². The van der Waals surface area contributed by atoms with Crippen molar-refractivity contribution in [1.82, 2.24) is 0 Å². The van der Waals surface area contributed by atoms with E-state index in [9.17, 15) is 9.59 Å². The minimum Gasteiger partial charge on any atom is -1.00 e. The normalized spacial score (nSPS) is 18.4. The summed E-state index contributed by atoms with van der Waals surface area (Å²) in [5.74, 6) is 5.81. The Labute approximate surface area is 462 Å². The first-order valence-electron chi connectivity index (χ1n) is 25.5. The van der Waals surface area contributed by atoms with Gasteiger partial charge in [0.25, 0.3) is 0 Å². The van der Waals surface area contributed by atoms with E-state index >= 15 is 0 Å². The minimum absolute atomic E-state index is 0. The number of rotatable bonds is 28. The fraction of sp³-hybridized carbons (Fsp3) is 0.517. The van der Waals surface area contributed by atoms with Crippen molar-refractivity contribution in [3.63, 3.8) is 0 Å². The molecular formula is C58H80Cl2N2O14. The molecule has 0 amide bonds. The Morgan fingerprint density at radius 1 is 0.461 bits per heavy atom. The summed E-state index contributed by atoms with van der Waals surface area (Å²) in [5.41, 5.74) is 6.93. The van der Waals surface area contributed by atoms with Crippen LogP contribution < -0.4 is 72.2 Å². The summed E-state index contributed by atoms with van der Waals surface area (Å²) in [6.07, 6.45) is 9.94. The quantitative estimate of drug-likeness (QED) is 0.0356. The predicted molar refractivity (Wildman–Crippen MR) is 282 cm³/mol. The van der Waals surface area contributed by atoms with E-state index in [1.54, 1.807) is 71.1 Å². The van der Waals surface area contributed by atoms with Gasteiger partial charge in [-0.25, -0.2) is 0 Å². The molecule has 16 nitrogen and oxygen atoms in total. The fourth-order valence-corrected chi connectivity index (χ4v) is 10.8. The minimum atomic E-state index is -0.246. The second kappa shape index (κ2) is 29.5. The third kappa shape index (κ3) is 15.0. The number of hydrogen-bond acceptors (Lipinski definition) is 14. The molecule has 2 heterocycles. The molecule has 420 valence electrons. The molecule has 0 saturated carbocycles. The highest BCUT2D eigenvalue weighted by Crippen LogP contribution is 2.47. The molecule has 6 rings (SSSR count). The number of esters is 2. The van der Waals surface area contributed by atoms with Gasteiger partial charge in [-0.2, -0.15) is 0 Å². The highest BCUT2D eigenvalue weighted by atomic mass is 35.5. The first-order chi connectivity index (χ1) is 35.7. The van der Waals surface area contributed by atoms with Gasteiger partial charge in [-0.1, -0.05) is 12.2 Å². The summed E-state index contributed by atoms with van der Waals surface area (Å²) >= 11 is 0. The van der Waals surface area contributed by atoms with Gasteiger partial charge in [-0.05, 0) is 83.6 Å². The molecule has 0 N–H and O–H groups in total. The monoisotopic (exact) mass is 1100 g/mol. The van der Waals surface area contributed by atoms with Gasteiger partial charge in [-0.3, -0.25) is 9.59 Å². The number of nitrogens with zero attached hydrogens (tertiary/aromatic N) is 2. The SMILES string of the molecule is COc1cc2c(cc1OC)[C@@H](Cc1cc(OC)c(OC)c(OC)c1)[N@+](C)(CCCOC(=O)CC/C=C/CCC(=O)OCCC[N@+]1(C)CCc3cc(OC)c(OC)cc3[C@H]1Cc1cc(OC)c(OC)c(OC)c1)CC2.[Cl-].[Cl-]. The molecule has 0 spiro atoms. The van der Waals surface area contributed by atoms with Crippen LogP contribution in [-0.2, 0) is 44.7 Å². The van der Waals surface area contributed by atoms with Crippen LogP contribution in [0.25, 0.3) is 0 Å². The molecule has 0 aliphatic carbocycles. The lowest BCUT2D eigenvalue weighted by molar-refractivity contribution is -0.941.